The fourth-order valence-corrected chi connectivity index (χ4v) is 4.58. The number of nitrogens with one attached hydrogen (secondary N) is 1. The Morgan fingerprint density at radius 2 is 2.00 bits per heavy atom. The molecule has 140 valence electrons. The van der Waals surface area contributed by atoms with E-state index in [1.165, 1.54) is 11.3 Å². The molecule has 2 heterocycles. The summed E-state index contributed by atoms with van der Waals surface area (Å²) in [6, 6.07) is 13.0. The molecule has 7 heteroatoms. The van der Waals surface area contributed by atoms with Crippen LogP contribution in [0.4, 0.5) is 5.00 Å². The van der Waals surface area contributed by atoms with Crippen LogP contribution in [0.3, 0.4) is 0 Å². The zero-order chi connectivity index (χ0) is 19.5. The number of ether oxygens (including phenoxy) is 1. The molecule has 0 radical (unpaired) electrons. The van der Waals surface area contributed by atoms with Gasteiger partial charge in [-0.15, -0.1) is 11.3 Å². The maximum atomic E-state index is 12.2. The number of para-hydroxylation sites is 1. The third kappa shape index (κ3) is 3.59. The van der Waals surface area contributed by atoms with Gasteiger partial charge in [0.15, 0.2) is 6.61 Å². The Morgan fingerprint density at radius 1 is 1.18 bits per heavy atom. The number of aromatic nitrogens is 1. The number of benzene rings is 1. The number of thiophene rings is 1. The molecule has 28 heavy (non-hydrogen) atoms. The normalized spacial score (nSPS) is 12.8. The number of carbonyl (C=O) groups is 2. The molecule has 0 fully saturated rings. The van der Waals surface area contributed by atoms with Gasteiger partial charge in [0.2, 0.25) is 0 Å². The predicted octanol–water partition coefficient (Wildman–Crippen LogP) is 3.84. The molecular formula is C21H17N3O3S. The summed E-state index contributed by atoms with van der Waals surface area (Å²) >= 11 is 1.44. The number of pyridine rings is 1. The molecule has 4 rings (SSSR count). The van der Waals surface area contributed by atoms with E-state index in [0.29, 0.717) is 16.1 Å². The van der Waals surface area contributed by atoms with Gasteiger partial charge in [-0.25, -0.2) is 9.78 Å². The number of amides is 1. The van der Waals surface area contributed by atoms with E-state index in [9.17, 15) is 14.9 Å². The third-order valence-corrected chi connectivity index (χ3v) is 5.89. The van der Waals surface area contributed by atoms with Crippen LogP contribution in [-0.2, 0) is 22.4 Å². The van der Waals surface area contributed by atoms with Crippen molar-refractivity contribution >= 4 is 39.1 Å². The van der Waals surface area contributed by atoms with E-state index in [1.807, 2.05) is 18.2 Å². The molecule has 0 atom stereocenters. The number of esters is 1. The van der Waals surface area contributed by atoms with Crippen molar-refractivity contribution in [2.24, 2.45) is 0 Å². The van der Waals surface area contributed by atoms with E-state index in [2.05, 4.69) is 16.4 Å². The van der Waals surface area contributed by atoms with Gasteiger partial charge in [-0.1, -0.05) is 24.3 Å². The summed E-state index contributed by atoms with van der Waals surface area (Å²) in [5, 5.41) is 13.6. The van der Waals surface area contributed by atoms with E-state index in [-0.39, 0.29) is 5.69 Å². The van der Waals surface area contributed by atoms with E-state index in [1.54, 1.807) is 18.2 Å². The van der Waals surface area contributed by atoms with Crippen LogP contribution in [0.25, 0.3) is 10.9 Å². The molecule has 0 aliphatic heterocycles. The fraction of sp³-hybridized carbons (Fsp3) is 0.238. The Bertz CT molecular complexity index is 1110. The number of aryl methyl sites for hydroxylation is 1. The monoisotopic (exact) mass is 391 g/mol. The maximum absolute atomic E-state index is 12.2. The van der Waals surface area contributed by atoms with Crippen LogP contribution in [0.1, 0.15) is 39.3 Å². The first-order valence-electron chi connectivity index (χ1n) is 9.03. The summed E-state index contributed by atoms with van der Waals surface area (Å²) in [4.78, 5) is 29.9. The van der Waals surface area contributed by atoms with Crippen LogP contribution in [-0.4, -0.2) is 23.5 Å². The van der Waals surface area contributed by atoms with Gasteiger partial charge in [0, 0.05) is 10.3 Å². The summed E-state index contributed by atoms with van der Waals surface area (Å²) in [5.41, 5.74) is 2.42. The number of anilines is 1. The Hall–Kier alpha value is -3.24. The Balaban J connectivity index is 1.41. The molecule has 1 aliphatic carbocycles. The molecule has 1 aliphatic rings. The summed E-state index contributed by atoms with van der Waals surface area (Å²) in [5.74, 6) is -1.13. The molecule has 2 aromatic heterocycles. The Labute approximate surface area is 165 Å². The lowest BCUT2D eigenvalue weighted by molar-refractivity contribution is -0.119. The number of fused-ring (bicyclic) bond motifs is 2. The average molecular weight is 391 g/mol. The first kappa shape index (κ1) is 18.1. The van der Waals surface area contributed by atoms with Gasteiger partial charge >= 0.3 is 5.97 Å². The van der Waals surface area contributed by atoms with E-state index >= 15 is 0 Å². The zero-order valence-electron chi connectivity index (χ0n) is 15.0. The number of nitrogens with zero attached hydrogens (tertiary/aromatic N) is 2. The van der Waals surface area contributed by atoms with Crippen molar-refractivity contribution < 1.29 is 14.3 Å². The minimum absolute atomic E-state index is 0.149. The molecule has 1 amide bonds. The van der Waals surface area contributed by atoms with Crippen LogP contribution in [0.15, 0.2) is 36.4 Å². The molecule has 6 nitrogen and oxygen atoms in total. The molecule has 0 bridgehead atoms. The van der Waals surface area contributed by atoms with Crippen molar-refractivity contribution in [2.45, 2.75) is 25.7 Å². The van der Waals surface area contributed by atoms with E-state index in [4.69, 9.17) is 4.74 Å². The number of hydrogen-bond acceptors (Lipinski definition) is 6. The molecule has 3 aromatic rings. The summed E-state index contributed by atoms with van der Waals surface area (Å²) in [7, 11) is 0. The number of nitriles is 1. The minimum atomic E-state index is -0.660. The highest BCUT2D eigenvalue weighted by Crippen LogP contribution is 2.37. The Morgan fingerprint density at radius 3 is 2.86 bits per heavy atom. The van der Waals surface area contributed by atoms with Crippen LogP contribution in [0.2, 0.25) is 0 Å². The second-order valence-electron chi connectivity index (χ2n) is 6.54. The molecular weight excluding hydrogens is 374 g/mol. The first-order chi connectivity index (χ1) is 13.7. The standard InChI is InChI=1S/C21H17N3O3S/c22-11-15-14-6-2-4-8-18(14)28-20(15)24-19(25)12-27-21(26)17-10-9-13-5-1-3-7-16(13)23-17/h1,3,5,7,9-10H,2,4,6,8,12H2,(H,24,25). The predicted molar refractivity (Wildman–Crippen MR) is 106 cm³/mol. The first-order valence-corrected chi connectivity index (χ1v) is 9.85. The van der Waals surface area contributed by atoms with Crippen molar-refractivity contribution in [3.05, 3.63) is 58.1 Å². The van der Waals surface area contributed by atoms with Gasteiger partial charge in [-0.05, 0) is 43.4 Å². The van der Waals surface area contributed by atoms with Gasteiger partial charge in [0.25, 0.3) is 5.91 Å². The topological polar surface area (TPSA) is 92.1 Å². The average Bonchev–Trinajstić information content (AvgIpc) is 3.08. The minimum Gasteiger partial charge on any atom is -0.451 e. The van der Waals surface area contributed by atoms with Crippen LogP contribution < -0.4 is 5.32 Å². The molecule has 0 unspecified atom stereocenters. The second kappa shape index (κ2) is 7.79. The summed E-state index contributed by atoms with van der Waals surface area (Å²) < 4.78 is 5.09. The Kier molecular flexibility index (Phi) is 5.04. The molecule has 1 N–H and O–H groups in total. The summed E-state index contributed by atoms with van der Waals surface area (Å²) in [6.07, 6.45) is 3.96. The molecule has 1 aromatic carbocycles. The van der Waals surface area contributed by atoms with Crippen LogP contribution in [0.5, 0.6) is 0 Å². The fourth-order valence-electron chi connectivity index (χ4n) is 3.32. The van der Waals surface area contributed by atoms with Crippen molar-refractivity contribution in [2.75, 3.05) is 11.9 Å². The second-order valence-corrected chi connectivity index (χ2v) is 7.65. The van der Waals surface area contributed by atoms with Crippen LogP contribution >= 0.6 is 11.3 Å². The summed E-state index contributed by atoms with van der Waals surface area (Å²) in [6.45, 7) is -0.430. The highest BCUT2D eigenvalue weighted by Gasteiger charge is 2.22. The third-order valence-electron chi connectivity index (χ3n) is 4.68. The lowest BCUT2D eigenvalue weighted by Gasteiger charge is -2.09. The van der Waals surface area contributed by atoms with E-state index in [0.717, 1.165) is 41.5 Å². The van der Waals surface area contributed by atoms with Crippen molar-refractivity contribution in [3.8, 4) is 6.07 Å². The van der Waals surface area contributed by atoms with Crippen molar-refractivity contribution in [1.82, 2.24) is 4.98 Å². The maximum Gasteiger partial charge on any atom is 0.357 e. The van der Waals surface area contributed by atoms with Gasteiger partial charge in [-0.3, -0.25) is 4.79 Å². The number of carbonyl (C=O) groups excluding carboxylic acids is 2. The van der Waals surface area contributed by atoms with Gasteiger partial charge < -0.3 is 10.1 Å². The van der Waals surface area contributed by atoms with Crippen molar-refractivity contribution in [3.63, 3.8) is 0 Å². The van der Waals surface area contributed by atoms with E-state index < -0.39 is 18.5 Å². The largest absolute Gasteiger partial charge is 0.451 e. The molecule has 0 saturated carbocycles. The number of hydrogen-bond donors (Lipinski definition) is 1. The van der Waals surface area contributed by atoms with Gasteiger partial charge in [0.05, 0.1) is 11.1 Å². The SMILES string of the molecule is N#Cc1c(NC(=O)COC(=O)c2ccc3ccccc3n2)sc2c1CCCC2. The van der Waals surface area contributed by atoms with Crippen molar-refractivity contribution in [1.29, 1.82) is 5.26 Å². The van der Waals surface area contributed by atoms with Gasteiger partial charge in [-0.2, -0.15) is 5.26 Å². The van der Waals surface area contributed by atoms with Gasteiger partial charge in [0.1, 0.15) is 16.8 Å². The smallest absolute Gasteiger partial charge is 0.357 e. The van der Waals surface area contributed by atoms with Crippen LogP contribution in [0, 0.1) is 11.3 Å². The quantitative estimate of drug-likeness (QED) is 0.682. The molecule has 0 saturated heterocycles. The lowest BCUT2D eigenvalue weighted by Crippen LogP contribution is -2.21. The zero-order valence-corrected chi connectivity index (χ0v) is 15.8. The lowest BCUT2D eigenvalue weighted by atomic mass is 9.96. The highest BCUT2D eigenvalue weighted by atomic mass is 32.1. The number of rotatable bonds is 4. The molecule has 0 spiro atoms. The highest BCUT2D eigenvalue weighted by molar-refractivity contribution is 7.16.